The van der Waals surface area contributed by atoms with E-state index in [1.807, 2.05) is 32.9 Å². The lowest BCUT2D eigenvalue weighted by molar-refractivity contribution is -0.116. The van der Waals surface area contributed by atoms with Gasteiger partial charge in [-0.2, -0.15) is 0 Å². The monoisotopic (exact) mass is 248 g/mol. The van der Waals surface area contributed by atoms with Crippen molar-refractivity contribution in [2.24, 2.45) is 0 Å². The molecule has 0 aliphatic carbocycles. The predicted molar refractivity (Wildman–Crippen MR) is 71.4 cm³/mol. The number of carbonyl (C=O) groups excluding carboxylic acids is 2. The van der Waals surface area contributed by atoms with E-state index >= 15 is 0 Å². The van der Waals surface area contributed by atoms with Crippen molar-refractivity contribution in [1.82, 2.24) is 0 Å². The maximum atomic E-state index is 12.0. The zero-order chi connectivity index (χ0) is 13.9. The van der Waals surface area contributed by atoms with Crippen molar-refractivity contribution in [3.8, 4) is 5.75 Å². The van der Waals surface area contributed by atoms with Gasteiger partial charge in [-0.25, -0.2) is 0 Å². The number of hydrogen-bond donors (Lipinski definition) is 0. The van der Waals surface area contributed by atoms with Crippen molar-refractivity contribution in [3.63, 3.8) is 0 Å². The van der Waals surface area contributed by atoms with Crippen molar-refractivity contribution in [3.05, 3.63) is 28.8 Å². The van der Waals surface area contributed by atoms with Gasteiger partial charge in [0.25, 0.3) is 0 Å². The molecule has 0 bridgehead atoms. The van der Waals surface area contributed by atoms with Gasteiger partial charge in [-0.1, -0.05) is 13.8 Å². The minimum Gasteiger partial charge on any atom is -0.496 e. The number of carbonyl (C=O) groups is 2. The summed E-state index contributed by atoms with van der Waals surface area (Å²) in [4.78, 5) is 23.0. The molecule has 0 fully saturated rings. The maximum absolute atomic E-state index is 12.0. The number of ketones is 2. The predicted octanol–water partition coefficient (Wildman–Crippen LogP) is 3.29. The molecule has 0 aliphatic rings. The Kier molecular flexibility index (Phi) is 4.65. The van der Waals surface area contributed by atoms with E-state index in [-0.39, 0.29) is 23.9 Å². The number of ether oxygens (including phenoxy) is 1. The number of aryl methyl sites for hydroxylation is 1. The fourth-order valence-electron chi connectivity index (χ4n) is 1.95. The first-order valence-corrected chi connectivity index (χ1v) is 6.08. The van der Waals surface area contributed by atoms with Crippen LogP contribution in [0.25, 0.3) is 0 Å². The molecule has 0 heterocycles. The molecular weight excluding hydrogens is 228 g/mol. The van der Waals surface area contributed by atoms with Crippen LogP contribution < -0.4 is 4.74 Å². The molecular formula is C15H20O3. The average molecular weight is 248 g/mol. The summed E-state index contributed by atoms with van der Waals surface area (Å²) in [6.45, 7) is 7.39. The molecule has 1 aromatic rings. The summed E-state index contributed by atoms with van der Waals surface area (Å²) in [6.07, 6.45) is -0.0370. The van der Waals surface area contributed by atoms with Crippen LogP contribution in [0.5, 0.6) is 5.75 Å². The topological polar surface area (TPSA) is 43.4 Å². The molecule has 0 amide bonds. The second kappa shape index (κ2) is 5.80. The van der Waals surface area contributed by atoms with Crippen molar-refractivity contribution in [2.75, 3.05) is 7.11 Å². The summed E-state index contributed by atoms with van der Waals surface area (Å²) in [5.74, 6) is 0.831. The molecule has 0 saturated heterocycles. The average Bonchev–Trinajstić information content (AvgIpc) is 2.26. The highest BCUT2D eigenvalue weighted by atomic mass is 16.5. The lowest BCUT2D eigenvalue weighted by atomic mass is 9.93. The number of benzene rings is 1. The van der Waals surface area contributed by atoms with Gasteiger partial charge in [0, 0.05) is 5.56 Å². The molecule has 0 spiro atoms. The molecule has 18 heavy (non-hydrogen) atoms. The summed E-state index contributed by atoms with van der Waals surface area (Å²) < 4.78 is 5.33. The van der Waals surface area contributed by atoms with Crippen LogP contribution >= 0.6 is 0 Å². The van der Waals surface area contributed by atoms with Crippen LogP contribution in [0.15, 0.2) is 12.1 Å². The standard InChI is InChI=1S/C15H20O3/c1-9(2)12-8-13(14(17)7-11(4)16)10(3)6-15(12)18-5/h6,8-9H,7H2,1-5H3. The van der Waals surface area contributed by atoms with Gasteiger partial charge in [0.15, 0.2) is 5.78 Å². The molecule has 0 N–H and O–H groups in total. The Morgan fingerprint density at radius 1 is 1.28 bits per heavy atom. The normalized spacial score (nSPS) is 10.6. The summed E-state index contributed by atoms with van der Waals surface area (Å²) in [6, 6.07) is 3.72. The molecule has 0 atom stereocenters. The Hall–Kier alpha value is -1.64. The summed E-state index contributed by atoms with van der Waals surface area (Å²) in [7, 11) is 1.62. The van der Waals surface area contributed by atoms with Gasteiger partial charge in [-0.05, 0) is 43.0 Å². The van der Waals surface area contributed by atoms with Crippen LogP contribution in [0, 0.1) is 6.92 Å². The smallest absolute Gasteiger partial charge is 0.170 e. The lowest BCUT2D eigenvalue weighted by Crippen LogP contribution is -2.08. The first-order valence-electron chi connectivity index (χ1n) is 6.08. The van der Waals surface area contributed by atoms with Crippen molar-refractivity contribution >= 4 is 11.6 Å². The Morgan fingerprint density at radius 2 is 1.89 bits per heavy atom. The van der Waals surface area contributed by atoms with Crippen molar-refractivity contribution in [1.29, 1.82) is 0 Å². The van der Waals surface area contributed by atoms with Crippen LogP contribution in [0.3, 0.4) is 0 Å². The van der Waals surface area contributed by atoms with E-state index in [1.54, 1.807) is 7.11 Å². The first-order chi connectivity index (χ1) is 8.36. The third-order valence-corrected chi connectivity index (χ3v) is 2.91. The number of methoxy groups -OCH3 is 1. The molecule has 98 valence electrons. The summed E-state index contributed by atoms with van der Waals surface area (Å²) >= 11 is 0. The number of Topliss-reactive ketones (excluding diaryl/α,β-unsaturated/α-hetero) is 2. The van der Waals surface area contributed by atoms with Gasteiger partial charge in [-0.3, -0.25) is 9.59 Å². The van der Waals surface area contributed by atoms with Gasteiger partial charge < -0.3 is 4.74 Å². The van der Waals surface area contributed by atoms with Gasteiger partial charge in [0.05, 0.1) is 13.5 Å². The first kappa shape index (κ1) is 14.4. The molecule has 1 aromatic carbocycles. The van der Waals surface area contributed by atoms with Gasteiger partial charge in [0.2, 0.25) is 0 Å². The van der Waals surface area contributed by atoms with Crippen LogP contribution in [0.4, 0.5) is 0 Å². The number of rotatable bonds is 5. The third kappa shape index (κ3) is 3.19. The van der Waals surface area contributed by atoms with E-state index < -0.39 is 0 Å². The second-order valence-corrected chi connectivity index (χ2v) is 4.87. The van der Waals surface area contributed by atoms with E-state index in [2.05, 4.69) is 0 Å². The van der Waals surface area contributed by atoms with Crippen LogP contribution in [0.1, 0.15) is 54.6 Å². The van der Waals surface area contributed by atoms with E-state index in [9.17, 15) is 9.59 Å². The number of hydrogen-bond acceptors (Lipinski definition) is 3. The fraction of sp³-hybridized carbons (Fsp3) is 0.467. The molecule has 0 aliphatic heterocycles. The fourth-order valence-corrected chi connectivity index (χ4v) is 1.95. The van der Waals surface area contributed by atoms with Crippen LogP contribution in [-0.2, 0) is 4.79 Å². The minimum absolute atomic E-state index is 0.0370. The molecule has 3 nitrogen and oxygen atoms in total. The van der Waals surface area contributed by atoms with E-state index in [1.165, 1.54) is 6.92 Å². The summed E-state index contributed by atoms with van der Waals surface area (Å²) in [5, 5.41) is 0. The highest BCUT2D eigenvalue weighted by molar-refractivity contribution is 6.08. The summed E-state index contributed by atoms with van der Waals surface area (Å²) in [5.41, 5.74) is 2.47. The highest BCUT2D eigenvalue weighted by Gasteiger charge is 2.16. The molecule has 0 radical (unpaired) electrons. The Labute approximate surface area is 108 Å². The molecule has 3 heteroatoms. The maximum Gasteiger partial charge on any atom is 0.170 e. The quantitative estimate of drug-likeness (QED) is 0.593. The molecule has 1 rings (SSSR count). The Morgan fingerprint density at radius 3 is 2.33 bits per heavy atom. The molecule has 0 saturated carbocycles. The largest absolute Gasteiger partial charge is 0.496 e. The Bertz CT molecular complexity index is 473. The van der Waals surface area contributed by atoms with E-state index in [4.69, 9.17) is 4.74 Å². The van der Waals surface area contributed by atoms with Crippen LogP contribution in [-0.4, -0.2) is 18.7 Å². The Balaban J connectivity index is 3.25. The lowest BCUT2D eigenvalue weighted by Gasteiger charge is -2.15. The van der Waals surface area contributed by atoms with E-state index in [0.717, 1.165) is 16.9 Å². The zero-order valence-corrected chi connectivity index (χ0v) is 11.7. The highest BCUT2D eigenvalue weighted by Crippen LogP contribution is 2.30. The molecule has 0 aromatic heterocycles. The molecule has 0 unspecified atom stereocenters. The van der Waals surface area contributed by atoms with Gasteiger partial charge in [0.1, 0.15) is 11.5 Å². The third-order valence-electron chi connectivity index (χ3n) is 2.91. The van der Waals surface area contributed by atoms with Crippen molar-refractivity contribution < 1.29 is 14.3 Å². The SMILES string of the molecule is COc1cc(C)c(C(=O)CC(C)=O)cc1C(C)C. The van der Waals surface area contributed by atoms with Gasteiger partial charge in [-0.15, -0.1) is 0 Å². The van der Waals surface area contributed by atoms with Crippen molar-refractivity contribution in [2.45, 2.75) is 40.0 Å². The second-order valence-electron chi connectivity index (χ2n) is 4.87. The minimum atomic E-state index is -0.121. The van der Waals surface area contributed by atoms with Crippen LogP contribution in [0.2, 0.25) is 0 Å². The zero-order valence-electron chi connectivity index (χ0n) is 11.7. The van der Waals surface area contributed by atoms with Gasteiger partial charge >= 0.3 is 0 Å². The van der Waals surface area contributed by atoms with E-state index in [0.29, 0.717) is 5.56 Å².